The molecule has 1 aliphatic heterocycles. The van der Waals surface area contributed by atoms with Gasteiger partial charge in [0.05, 0.1) is 13.2 Å². The van der Waals surface area contributed by atoms with E-state index in [0.29, 0.717) is 42.6 Å². The molecule has 0 aliphatic carbocycles. The van der Waals surface area contributed by atoms with Gasteiger partial charge in [-0.05, 0) is 56.5 Å². The molecule has 0 radical (unpaired) electrons. The number of ether oxygens (including phenoxy) is 3. The van der Waals surface area contributed by atoms with Crippen molar-refractivity contribution in [2.75, 3.05) is 38.2 Å². The number of piperidine rings is 1. The molecular formula is C25H30FN3O6. The Labute approximate surface area is 202 Å². The van der Waals surface area contributed by atoms with Gasteiger partial charge in [-0.1, -0.05) is 0 Å². The number of carboxylic acids is 1. The first-order valence-electron chi connectivity index (χ1n) is 11.8. The molecule has 4 rings (SSSR count). The number of likely N-dealkylation sites (tertiary alicyclic amines) is 1. The molecule has 1 aliphatic rings. The second-order valence-electron chi connectivity index (χ2n) is 8.30. The van der Waals surface area contributed by atoms with Crippen LogP contribution in [0.2, 0.25) is 0 Å². The molecule has 0 unspecified atom stereocenters. The van der Waals surface area contributed by atoms with Crippen molar-refractivity contribution in [2.45, 2.75) is 39.3 Å². The Hall–Kier alpha value is -3.53. The molecule has 1 saturated heterocycles. The van der Waals surface area contributed by atoms with Crippen LogP contribution in [-0.2, 0) is 11.3 Å². The summed E-state index contributed by atoms with van der Waals surface area (Å²) in [6.07, 6.45) is 1.78. The maximum Gasteiger partial charge on any atom is 0.341 e. The van der Waals surface area contributed by atoms with Crippen LogP contribution in [-0.4, -0.2) is 59.9 Å². The first kappa shape index (κ1) is 24.6. The summed E-state index contributed by atoms with van der Waals surface area (Å²) in [4.78, 5) is 17.5. The van der Waals surface area contributed by atoms with Crippen LogP contribution in [0.15, 0.2) is 34.7 Å². The number of anilines is 1. The summed E-state index contributed by atoms with van der Waals surface area (Å²) in [5.74, 6) is -0.633. The highest BCUT2D eigenvalue weighted by molar-refractivity contribution is 5.76. The zero-order valence-electron chi connectivity index (χ0n) is 19.9. The predicted octanol–water partition coefficient (Wildman–Crippen LogP) is 4.30. The summed E-state index contributed by atoms with van der Waals surface area (Å²) in [6, 6.07) is 9.15. The van der Waals surface area contributed by atoms with Gasteiger partial charge in [0, 0.05) is 31.7 Å². The van der Waals surface area contributed by atoms with E-state index in [1.807, 2.05) is 13.8 Å². The van der Waals surface area contributed by atoms with Crippen molar-refractivity contribution >= 4 is 23.1 Å². The van der Waals surface area contributed by atoms with Gasteiger partial charge < -0.3 is 29.1 Å². The Morgan fingerprint density at radius 3 is 2.46 bits per heavy atom. The normalized spacial score (nSPS) is 14.7. The number of hydrogen-bond acceptors (Lipinski definition) is 8. The summed E-state index contributed by atoms with van der Waals surface area (Å²) in [5, 5.41) is 12.1. The number of rotatable bonds is 11. The highest BCUT2D eigenvalue weighted by Gasteiger charge is 2.22. The van der Waals surface area contributed by atoms with E-state index in [2.05, 4.69) is 15.2 Å². The lowest BCUT2D eigenvalue weighted by molar-refractivity contribution is -0.139. The number of benzene rings is 2. The maximum absolute atomic E-state index is 14.5. The number of hydrogen-bond donors (Lipinski definition) is 2. The lowest BCUT2D eigenvalue weighted by Crippen LogP contribution is -2.38. The number of oxazole rings is 1. The molecule has 0 atom stereocenters. The average molecular weight is 488 g/mol. The van der Waals surface area contributed by atoms with Gasteiger partial charge in [-0.15, -0.1) is 0 Å². The first-order valence-corrected chi connectivity index (χ1v) is 11.8. The van der Waals surface area contributed by atoms with E-state index >= 15 is 0 Å². The lowest BCUT2D eigenvalue weighted by Gasteiger charge is -2.32. The fourth-order valence-electron chi connectivity index (χ4n) is 4.11. The molecule has 0 saturated carbocycles. The highest BCUT2D eigenvalue weighted by Crippen LogP contribution is 2.30. The first-order chi connectivity index (χ1) is 16.9. The zero-order chi connectivity index (χ0) is 24.8. The van der Waals surface area contributed by atoms with Crippen LogP contribution in [0.25, 0.3) is 11.1 Å². The Morgan fingerprint density at radius 2 is 1.83 bits per heavy atom. The SMILES string of the molecule is CCOc1cc(CN2CCC(Nc3nc4cc(OCC(=O)O)ccc4o3)CC2)cc(OCC)c1F. The number of aliphatic carboxylic acids is 1. The molecule has 188 valence electrons. The van der Waals surface area contributed by atoms with Gasteiger partial charge in [-0.2, -0.15) is 9.37 Å². The Kier molecular flexibility index (Phi) is 7.91. The molecule has 10 heteroatoms. The maximum atomic E-state index is 14.5. The summed E-state index contributed by atoms with van der Waals surface area (Å²) in [5.41, 5.74) is 2.14. The summed E-state index contributed by atoms with van der Waals surface area (Å²) >= 11 is 0. The van der Waals surface area contributed by atoms with Crippen molar-refractivity contribution in [3.05, 3.63) is 41.7 Å². The van der Waals surface area contributed by atoms with Crippen LogP contribution in [0.5, 0.6) is 17.2 Å². The molecule has 1 fully saturated rings. The summed E-state index contributed by atoms with van der Waals surface area (Å²) < 4.78 is 36.4. The topological polar surface area (TPSA) is 106 Å². The van der Waals surface area contributed by atoms with Crippen LogP contribution in [0.1, 0.15) is 32.3 Å². The van der Waals surface area contributed by atoms with Crippen molar-refractivity contribution in [1.29, 1.82) is 0 Å². The lowest BCUT2D eigenvalue weighted by atomic mass is 10.0. The Morgan fingerprint density at radius 1 is 1.14 bits per heavy atom. The van der Waals surface area contributed by atoms with Gasteiger partial charge in [0.1, 0.15) is 11.3 Å². The van der Waals surface area contributed by atoms with Crippen molar-refractivity contribution in [1.82, 2.24) is 9.88 Å². The van der Waals surface area contributed by atoms with Crippen LogP contribution in [0.3, 0.4) is 0 Å². The summed E-state index contributed by atoms with van der Waals surface area (Å²) in [7, 11) is 0. The molecule has 2 heterocycles. The van der Waals surface area contributed by atoms with Crippen molar-refractivity contribution < 1.29 is 32.9 Å². The number of aromatic nitrogens is 1. The fourth-order valence-corrected chi connectivity index (χ4v) is 4.11. The van der Waals surface area contributed by atoms with E-state index < -0.39 is 18.4 Å². The molecule has 0 bridgehead atoms. The van der Waals surface area contributed by atoms with E-state index in [-0.39, 0.29) is 17.5 Å². The number of halogens is 1. The minimum absolute atomic E-state index is 0.202. The third kappa shape index (κ3) is 6.33. The smallest absolute Gasteiger partial charge is 0.341 e. The highest BCUT2D eigenvalue weighted by atomic mass is 19.1. The van der Waals surface area contributed by atoms with Crippen molar-refractivity contribution in [2.24, 2.45) is 0 Å². The number of carboxylic acid groups (broad SMARTS) is 1. The van der Waals surface area contributed by atoms with Gasteiger partial charge in [-0.25, -0.2) is 4.79 Å². The molecule has 2 aromatic carbocycles. The minimum Gasteiger partial charge on any atom is -0.491 e. The van der Waals surface area contributed by atoms with E-state index in [4.69, 9.17) is 23.7 Å². The molecule has 0 spiro atoms. The molecule has 9 nitrogen and oxygen atoms in total. The van der Waals surface area contributed by atoms with Crippen LogP contribution in [0.4, 0.5) is 10.4 Å². The van der Waals surface area contributed by atoms with Crippen LogP contribution >= 0.6 is 0 Å². The predicted molar refractivity (Wildman–Crippen MR) is 128 cm³/mol. The van der Waals surface area contributed by atoms with Gasteiger partial charge >= 0.3 is 5.97 Å². The minimum atomic E-state index is -1.04. The second-order valence-corrected chi connectivity index (χ2v) is 8.30. The third-order valence-electron chi connectivity index (χ3n) is 5.71. The fraction of sp³-hybridized carbons (Fsp3) is 0.440. The Bertz CT molecular complexity index is 1130. The van der Waals surface area contributed by atoms with Gasteiger partial charge in [-0.3, -0.25) is 4.90 Å². The number of nitrogens with one attached hydrogen (secondary N) is 1. The number of fused-ring (bicyclic) bond motifs is 1. The molecule has 0 amide bonds. The van der Waals surface area contributed by atoms with Gasteiger partial charge in [0.25, 0.3) is 6.01 Å². The van der Waals surface area contributed by atoms with Crippen LogP contribution < -0.4 is 19.5 Å². The monoisotopic (exact) mass is 487 g/mol. The van der Waals surface area contributed by atoms with E-state index in [9.17, 15) is 9.18 Å². The average Bonchev–Trinajstić information content (AvgIpc) is 3.23. The number of carbonyl (C=O) groups is 1. The van der Waals surface area contributed by atoms with Crippen molar-refractivity contribution in [3.63, 3.8) is 0 Å². The molecular weight excluding hydrogens is 457 g/mol. The van der Waals surface area contributed by atoms with E-state index in [1.165, 1.54) is 0 Å². The number of nitrogens with zero attached hydrogens (tertiary/aromatic N) is 2. The van der Waals surface area contributed by atoms with Crippen molar-refractivity contribution in [3.8, 4) is 17.2 Å². The largest absolute Gasteiger partial charge is 0.491 e. The molecule has 3 aromatic rings. The Balaban J connectivity index is 1.33. The quantitative estimate of drug-likeness (QED) is 0.409. The zero-order valence-corrected chi connectivity index (χ0v) is 19.9. The van der Waals surface area contributed by atoms with Crippen LogP contribution in [0, 0.1) is 5.82 Å². The summed E-state index contributed by atoms with van der Waals surface area (Å²) in [6.45, 7) is 6.40. The molecule has 2 N–H and O–H groups in total. The van der Waals surface area contributed by atoms with Gasteiger partial charge in [0.15, 0.2) is 23.7 Å². The van der Waals surface area contributed by atoms with E-state index in [1.54, 1.807) is 30.3 Å². The molecule has 35 heavy (non-hydrogen) atoms. The standard InChI is InChI=1S/C25H30FN3O6/c1-3-32-21-11-16(12-22(24(21)26)33-4-2)14-29-9-7-17(8-10-29)27-25-28-19-13-18(34-15-23(30)31)5-6-20(19)35-25/h5-6,11-13,17H,3-4,7-10,14-15H2,1-2H3,(H,27,28)(H,30,31). The van der Waals surface area contributed by atoms with Gasteiger partial charge in [0.2, 0.25) is 5.82 Å². The molecule has 1 aromatic heterocycles. The van der Waals surface area contributed by atoms with E-state index in [0.717, 1.165) is 31.5 Å². The third-order valence-corrected chi connectivity index (χ3v) is 5.71. The second kappa shape index (κ2) is 11.3.